The first-order valence-electron chi connectivity index (χ1n) is 5.07. The molecular weight excluding hydrogens is 168 g/mol. The van der Waals surface area contributed by atoms with Crippen LogP contribution in [0.5, 0.6) is 0 Å². The summed E-state index contributed by atoms with van der Waals surface area (Å²) in [6.07, 6.45) is 7.28. The fourth-order valence-corrected chi connectivity index (χ4v) is 2.06. The van der Waals surface area contributed by atoms with Gasteiger partial charge in [0.25, 0.3) is 0 Å². The Hall–Kier alpha value is 0.310. The molecule has 0 heterocycles. The second-order valence-corrected chi connectivity index (χ2v) is 4.31. The highest BCUT2D eigenvalue weighted by molar-refractivity contribution is 7.99. The standard InChI is InChI=1S/C10H21OS/c1-2-3-6-9-12-10-7-4-5-8-11/h2-10H2,1H3. The second kappa shape index (κ2) is 11.3. The van der Waals surface area contributed by atoms with Crippen molar-refractivity contribution >= 4 is 11.8 Å². The number of hydrogen-bond acceptors (Lipinski definition) is 1. The Morgan fingerprint density at radius 1 is 0.917 bits per heavy atom. The maximum atomic E-state index is 10.1. The van der Waals surface area contributed by atoms with Crippen molar-refractivity contribution in [2.75, 3.05) is 18.1 Å². The molecule has 0 aliphatic carbocycles. The lowest BCUT2D eigenvalue weighted by Gasteiger charge is -1.99. The molecule has 0 N–H and O–H groups in total. The van der Waals surface area contributed by atoms with Crippen molar-refractivity contribution < 1.29 is 5.11 Å². The molecule has 0 saturated heterocycles. The molecule has 0 rings (SSSR count). The average molecular weight is 189 g/mol. The van der Waals surface area contributed by atoms with Crippen molar-refractivity contribution in [3.05, 3.63) is 0 Å². The van der Waals surface area contributed by atoms with Crippen molar-refractivity contribution in [1.29, 1.82) is 0 Å². The summed E-state index contributed by atoms with van der Waals surface area (Å²) in [7, 11) is 0. The van der Waals surface area contributed by atoms with Gasteiger partial charge >= 0.3 is 0 Å². The Labute approximate surface area is 80.9 Å². The summed E-state index contributed by atoms with van der Waals surface area (Å²) < 4.78 is 0. The average Bonchev–Trinajstić information content (AvgIpc) is 2.10. The molecule has 0 aromatic carbocycles. The molecule has 12 heavy (non-hydrogen) atoms. The predicted molar refractivity (Wildman–Crippen MR) is 56.3 cm³/mol. The Morgan fingerprint density at radius 2 is 1.58 bits per heavy atom. The topological polar surface area (TPSA) is 19.9 Å². The SMILES string of the molecule is CCCCCSCCCCC[O]. The molecule has 2 heteroatoms. The van der Waals surface area contributed by atoms with Crippen LogP contribution in [0.3, 0.4) is 0 Å². The van der Waals surface area contributed by atoms with Gasteiger partial charge in [-0.15, -0.1) is 0 Å². The van der Waals surface area contributed by atoms with E-state index in [0.717, 1.165) is 12.8 Å². The van der Waals surface area contributed by atoms with E-state index in [0.29, 0.717) is 0 Å². The van der Waals surface area contributed by atoms with Gasteiger partial charge in [-0.1, -0.05) is 26.2 Å². The lowest BCUT2D eigenvalue weighted by Crippen LogP contribution is -1.86. The van der Waals surface area contributed by atoms with Crippen LogP contribution in [0.4, 0.5) is 0 Å². The molecule has 0 spiro atoms. The van der Waals surface area contributed by atoms with E-state index in [1.807, 2.05) is 11.8 Å². The highest BCUT2D eigenvalue weighted by atomic mass is 32.2. The van der Waals surface area contributed by atoms with Crippen molar-refractivity contribution in [3.8, 4) is 0 Å². The summed E-state index contributed by atoms with van der Waals surface area (Å²) in [4.78, 5) is 0. The van der Waals surface area contributed by atoms with Gasteiger partial charge in [-0.05, 0) is 30.8 Å². The van der Waals surface area contributed by atoms with Gasteiger partial charge in [0.2, 0.25) is 0 Å². The van der Waals surface area contributed by atoms with E-state index in [-0.39, 0.29) is 6.61 Å². The third-order valence-corrected chi connectivity index (χ3v) is 2.98. The van der Waals surface area contributed by atoms with Gasteiger partial charge in [-0.25, -0.2) is 5.11 Å². The van der Waals surface area contributed by atoms with Crippen molar-refractivity contribution in [1.82, 2.24) is 0 Å². The second-order valence-electron chi connectivity index (χ2n) is 3.08. The zero-order valence-corrected chi connectivity index (χ0v) is 9.00. The highest BCUT2D eigenvalue weighted by Crippen LogP contribution is 2.09. The summed E-state index contributed by atoms with van der Waals surface area (Å²) in [6, 6.07) is 0. The van der Waals surface area contributed by atoms with E-state index in [4.69, 9.17) is 0 Å². The quantitative estimate of drug-likeness (QED) is 0.508. The van der Waals surface area contributed by atoms with Crippen LogP contribution in [0, 0.1) is 0 Å². The van der Waals surface area contributed by atoms with Crippen molar-refractivity contribution in [2.45, 2.75) is 45.4 Å². The first kappa shape index (κ1) is 12.3. The van der Waals surface area contributed by atoms with Crippen LogP contribution >= 0.6 is 11.8 Å². The molecule has 0 atom stereocenters. The van der Waals surface area contributed by atoms with Crippen LogP contribution in [-0.2, 0) is 5.11 Å². The normalized spacial score (nSPS) is 10.5. The molecule has 0 aliphatic rings. The summed E-state index contributed by atoms with van der Waals surface area (Å²) in [6.45, 7) is 2.35. The van der Waals surface area contributed by atoms with Gasteiger partial charge < -0.3 is 0 Å². The molecule has 1 nitrogen and oxygen atoms in total. The maximum absolute atomic E-state index is 10.1. The summed E-state index contributed by atoms with van der Waals surface area (Å²) in [5.41, 5.74) is 0. The number of thioether (sulfide) groups is 1. The van der Waals surface area contributed by atoms with Crippen molar-refractivity contribution in [2.24, 2.45) is 0 Å². The van der Waals surface area contributed by atoms with Gasteiger partial charge in [-0.2, -0.15) is 11.8 Å². The Balaban J connectivity index is 2.73. The summed E-state index contributed by atoms with van der Waals surface area (Å²) >= 11 is 2.04. The third-order valence-electron chi connectivity index (χ3n) is 1.83. The van der Waals surface area contributed by atoms with Crippen LogP contribution in [0.25, 0.3) is 0 Å². The lowest BCUT2D eigenvalue weighted by molar-refractivity contribution is 0.186. The molecule has 0 bridgehead atoms. The van der Waals surface area contributed by atoms with Crippen LogP contribution in [-0.4, -0.2) is 18.1 Å². The minimum atomic E-state index is 0.112. The van der Waals surface area contributed by atoms with E-state index in [2.05, 4.69) is 6.92 Å². The zero-order chi connectivity index (χ0) is 9.07. The Bertz CT molecular complexity index is 66.2. The molecule has 0 aromatic rings. The Morgan fingerprint density at radius 3 is 2.17 bits per heavy atom. The molecule has 1 radical (unpaired) electrons. The van der Waals surface area contributed by atoms with Crippen LogP contribution in [0.15, 0.2) is 0 Å². The number of unbranched alkanes of at least 4 members (excludes halogenated alkanes) is 4. The van der Waals surface area contributed by atoms with Crippen molar-refractivity contribution in [3.63, 3.8) is 0 Å². The van der Waals surface area contributed by atoms with Crippen LogP contribution < -0.4 is 0 Å². The fourth-order valence-electron chi connectivity index (χ4n) is 1.04. The molecule has 0 saturated carbocycles. The largest absolute Gasteiger partial charge is 0.237 e. The minimum Gasteiger partial charge on any atom is -0.237 e. The first-order valence-corrected chi connectivity index (χ1v) is 6.23. The molecule has 0 unspecified atom stereocenters. The van der Waals surface area contributed by atoms with Gasteiger partial charge in [-0.3, -0.25) is 0 Å². The predicted octanol–water partition coefficient (Wildman–Crippen LogP) is 3.51. The van der Waals surface area contributed by atoms with Gasteiger partial charge in [0.05, 0.1) is 6.61 Å². The molecule has 0 amide bonds. The van der Waals surface area contributed by atoms with E-state index in [9.17, 15) is 5.11 Å². The van der Waals surface area contributed by atoms with Crippen LogP contribution in [0.1, 0.15) is 45.4 Å². The number of rotatable bonds is 9. The van der Waals surface area contributed by atoms with Gasteiger partial charge in [0.15, 0.2) is 0 Å². The third kappa shape index (κ3) is 10.3. The van der Waals surface area contributed by atoms with E-state index in [1.54, 1.807) is 0 Å². The molecule has 0 aliphatic heterocycles. The van der Waals surface area contributed by atoms with E-state index < -0.39 is 0 Å². The van der Waals surface area contributed by atoms with Gasteiger partial charge in [0.1, 0.15) is 0 Å². The zero-order valence-electron chi connectivity index (χ0n) is 8.18. The lowest BCUT2D eigenvalue weighted by atomic mass is 10.3. The monoisotopic (exact) mass is 189 g/mol. The molecule has 73 valence electrons. The highest BCUT2D eigenvalue weighted by Gasteiger charge is 1.90. The number of hydrogen-bond donors (Lipinski definition) is 0. The van der Waals surface area contributed by atoms with Gasteiger partial charge in [0, 0.05) is 0 Å². The Kier molecular flexibility index (Phi) is 11.6. The molecule has 0 fully saturated rings. The fraction of sp³-hybridized carbons (Fsp3) is 1.00. The summed E-state index contributed by atoms with van der Waals surface area (Å²) in [5, 5.41) is 10.1. The van der Waals surface area contributed by atoms with E-state index in [1.165, 1.54) is 37.2 Å². The molecular formula is C10H21OS. The minimum absolute atomic E-state index is 0.112. The van der Waals surface area contributed by atoms with E-state index >= 15 is 0 Å². The summed E-state index contributed by atoms with van der Waals surface area (Å²) in [5.74, 6) is 2.56. The first-order chi connectivity index (χ1) is 5.91. The maximum Gasteiger partial charge on any atom is 0.0822 e. The molecule has 0 aromatic heterocycles. The smallest absolute Gasteiger partial charge is 0.0822 e. The van der Waals surface area contributed by atoms with Crippen LogP contribution in [0.2, 0.25) is 0 Å².